The molecule has 0 aromatic heterocycles. The summed E-state index contributed by atoms with van der Waals surface area (Å²) >= 11 is 0. The van der Waals surface area contributed by atoms with Gasteiger partial charge in [-0.15, -0.1) is 0 Å². The first-order valence-corrected chi connectivity index (χ1v) is 8.38. The molecular weight excluding hydrogens is 250 g/mol. The zero-order valence-electron chi connectivity index (χ0n) is 8.80. The van der Waals surface area contributed by atoms with Gasteiger partial charge < -0.3 is 0 Å². The van der Waals surface area contributed by atoms with Gasteiger partial charge in [-0.3, -0.25) is 0 Å². The topological polar surface area (TPSA) is 37.4 Å². The van der Waals surface area contributed by atoms with Gasteiger partial charge in [0.15, 0.2) is 0 Å². The lowest BCUT2D eigenvalue weighted by molar-refractivity contribution is 0.610. The second-order valence-electron chi connectivity index (χ2n) is 3.22. The number of hydrogen-bond donors (Lipinski definition) is 0. The monoisotopic (exact) mass is 263 g/mol. The summed E-state index contributed by atoms with van der Waals surface area (Å²) in [5, 5.41) is 0. The number of hydrogen-bond acceptors (Lipinski definition) is 5. The van der Waals surface area contributed by atoms with Gasteiger partial charge in [0.2, 0.25) is 8.87 Å². The highest BCUT2D eigenvalue weighted by Crippen LogP contribution is 2.34. The van der Waals surface area contributed by atoms with Crippen molar-refractivity contribution in [1.29, 1.82) is 0 Å². The summed E-state index contributed by atoms with van der Waals surface area (Å²) in [4.78, 5) is 0.354. The Balaban J connectivity index is 2.82. The van der Waals surface area contributed by atoms with E-state index in [1.807, 2.05) is 21.0 Å². The lowest BCUT2D eigenvalue weighted by Crippen LogP contribution is -2.00. The molecule has 0 amide bonds. The van der Waals surface area contributed by atoms with E-state index < -0.39 is 8.87 Å². The predicted octanol–water partition coefficient (Wildman–Crippen LogP) is 2.54. The molecule has 0 saturated heterocycles. The minimum atomic E-state index is -3.23. The largest absolute Gasteiger partial charge is 0.247 e. The van der Waals surface area contributed by atoms with Crippen LogP contribution in [0.15, 0.2) is 29.2 Å². The van der Waals surface area contributed by atoms with Crippen LogP contribution in [0.2, 0.25) is 0 Å². The molecule has 0 aliphatic carbocycles. The van der Waals surface area contributed by atoms with E-state index in [0.29, 0.717) is 4.90 Å². The van der Waals surface area contributed by atoms with Gasteiger partial charge in [0.25, 0.3) is 0 Å². The maximum Gasteiger partial charge on any atom is 0.241 e. The molecule has 6 heteroatoms. The van der Waals surface area contributed by atoms with Gasteiger partial charge in [-0.05, 0) is 33.2 Å². The smallest absolute Gasteiger partial charge is 0.241 e. The molecule has 1 aromatic rings. The van der Waals surface area contributed by atoms with Crippen LogP contribution in [-0.4, -0.2) is 26.8 Å². The van der Waals surface area contributed by atoms with Crippen molar-refractivity contribution in [3.8, 4) is 0 Å². The van der Waals surface area contributed by atoms with Gasteiger partial charge in [0, 0.05) is 11.0 Å². The van der Waals surface area contributed by atoms with Crippen molar-refractivity contribution in [3.05, 3.63) is 29.8 Å². The third-order valence-corrected chi connectivity index (χ3v) is 7.32. The summed E-state index contributed by atoms with van der Waals surface area (Å²) in [6.07, 6.45) is 0. The third kappa shape index (κ3) is 4.06. The normalized spacial score (nSPS) is 12.0. The molecule has 0 aliphatic rings. The molecule has 0 N–H and O–H groups in total. The van der Waals surface area contributed by atoms with Gasteiger partial charge in [0.05, 0.1) is 14.7 Å². The highest BCUT2D eigenvalue weighted by molar-refractivity contribution is 9.06. The fourth-order valence-corrected chi connectivity index (χ4v) is 5.29. The molecule has 0 atom stereocenters. The molecule has 0 fully saturated rings. The average Bonchev–Trinajstić information content (AvgIpc) is 2.16. The van der Waals surface area contributed by atoms with E-state index in [2.05, 4.69) is 0 Å². The van der Waals surface area contributed by atoms with Gasteiger partial charge >= 0.3 is 0 Å². The van der Waals surface area contributed by atoms with Crippen molar-refractivity contribution >= 4 is 29.7 Å². The van der Waals surface area contributed by atoms with Crippen LogP contribution >= 0.6 is 20.8 Å². The van der Waals surface area contributed by atoms with Crippen LogP contribution in [0.3, 0.4) is 0 Å². The zero-order chi connectivity index (χ0) is 11.5. The molecule has 0 bridgehead atoms. The molecule has 0 unspecified atom stereocenters. The summed E-state index contributed by atoms with van der Waals surface area (Å²) in [5.41, 5.74) is 1.05. The molecule has 15 heavy (non-hydrogen) atoms. The maximum atomic E-state index is 11.8. The van der Waals surface area contributed by atoms with Crippen LogP contribution in [0.1, 0.15) is 5.56 Å². The van der Waals surface area contributed by atoms with Crippen molar-refractivity contribution in [1.82, 2.24) is 4.31 Å². The molecule has 84 valence electrons. The first-order chi connectivity index (χ1) is 6.92. The molecule has 1 aromatic carbocycles. The summed E-state index contributed by atoms with van der Waals surface area (Å²) in [7, 11) is 2.44. The van der Waals surface area contributed by atoms with E-state index >= 15 is 0 Å². The minimum Gasteiger partial charge on any atom is -0.247 e. The molecular formula is C9H13NO2S3. The summed E-state index contributed by atoms with van der Waals surface area (Å²) in [5.74, 6) is 0. The van der Waals surface area contributed by atoms with E-state index in [4.69, 9.17) is 0 Å². The first-order valence-electron chi connectivity index (χ1n) is 4.27. The van der Waals surface area contributed by atoms with E-state index in [9.17, 15) is 8.42 Å². The van der Waals surface area contributed by atoms with E-state index in [0.717, 1.165) is 15.4 Å². The highest BCUT2D eigenvalue weighted by atomic mass is 33.5. The fourth-order valence-electron chi connectivity index (χ4n) is 0.845. The highest BCUT2D eigenvalue weighted by Gasteiger charge is 2.16. The van der Waals surface area contributed by atoms with E-state index in [-0.39, 0.29) is 0 Å². The molecule has 0 saturated carbocycles. The lowest BCUT2D eigenvalue weighted by Gasteiger charge is -2.07. The van der Waals surface area contributed by atoms with Crippen molar-refractivity contribution in [3.63, 3.8) is 0 Å². The van der Waals surface area contributed by atoms with Gasteiger partial charge in [0.1, 0.15) is 0 Å². The Morgan fingerprint density at radius 2 is 1.67 bits per heavy atom. The summed E-state index contributed by atoms with van der Waals surface area (Å²) in [6, 6.07) is 6.86. The van der Waals surface area contributed by atoms with Crippen LogP contribution < -0.4 is 0 Å². The minimum absolute atomic E-state index is 0.354. The fraction of sp³-hybridized carbons (Fsp3) is 0.333. The third-order valence-electron chi connectivity index (χ3n) is 1.58. The Labute approximate surface area is 98.1 Å². The second-order valence-corrected chi connectivity index (χ2v) is 9.01. The van der Waals surface area contributed by atoms with E-state index in [1.165, 1.54) is 11.0 Å². The average molecular weight is 263 g/mol. The number of nitrogens with zero attached hydrogens (tertiary/aromatic N) is 1. The van der Waals surface area contributed by atoms with Crippen LogP contribution in [0.4, 0.5) is 0 Å². The summed E-state index contributed by atoms with van der Waals surface area (Å²) in [6.45, 7) is 1.93. The van der Waals surface area contributed by atoms with Crippen LogP contribution in [-0.2, 0) is 8.87 Å². The number of benzene rings is 1. The standard InChI is InChI=1S/C9H13NO2S3/c1-8-4-6-9(7-5-8)15(11,12)14-13-10(2)3/h4-7H,1-3H3. The quantitative estimate of drug-likeness (QED) is 0.616. The first kappa shape index (κ1) is 12.9. The predicted molar refractivity (Wildman–Crippen MR) is 67.2 cm³/mol. The van der Waals surface area contributed by atoms with Gasteiger partial charge in [-0.1, -0.05) is 17.7 Å². The molecule has 0 heterocycles. The molecule has 3 nitrogen and oxygen atoms in total. The van der Waals surface area contributed by atoms with Crippen LogP contribution in [0.5, 0.6) is 0 Å². The van der Waals surface area contributed by atoms with E-state index in [1.54, 1.807) is 28.6 Å². The molecule has 0 spiro atoms. The molecule has 1 rings (SSSR count). The van der Waals surface area contributed by atoms with Crippen molar-refractivity contribution in [2.45, 2.75) is 11.8 Å². The van der Waals surface area contributed by atoms with Crippen molar-refractivity contribution < 1.29 is 8.42 Å². The Kier molecular flexibility index (Phi) is 4.51. The van der Waals surface area contributed by atoms with Gasteiger partial charge in [-0.2, -0.15) is 0 Å². The Morgan fingerprint density at radius 1 is 1.13 bits per heavy atom. The van der Waals surface area contributed by atoms with Crippen molar-refractivity contribution in [2.24, 2.45) is 0 Å². The van der Waals surface area contributed by atoms with Crippen molar-refractivity contribution in [2.75, 3.05) is 14.1 Å². The van der Waals surface area contributed by atoms with Crippen LogP contribution in [0.25, 0.3) is 0 Å². The Morgan fingerprint density at radius 3 is 2.13 bits per heavy atom. The SMILES string of the molecule is Cc1ccc(S(=O)(=O)SSN(C)C)cc1. The number of rotatable bonds is 4. The number of aryl methyl sites for hydroxylation is 1. The maximum absolute atomic E-state index is 11.8. The van der Waals surface area contributed by atoms with Gasteiger partial charge in [-0.25, -0.2) is 12.7 Å². The molecule has 0 aliphatic heterocycles. The lowest BCUT2D eigenvalue weighted by atomic mass is 10.2. The second kappa shape index (κ2) is 5.25. The summed E-state index contributed by atoms with van der Waals surface area (Å²) < 4.78 is 25.3. The Bertz CT molecular complexity index is 411. The Hall–Kier alpha value is -0.170. The van der Waals surface area contributed by atoms with Crippen LogP contribution in [0, 0.1) is 6.92 Å². The molecule has 0 radical (unpaired) electrons. The zero-order valence-corrected chi connectivity index (χ0v) is 11.2.